The molecule has 0 radical (unpaired) electrons. The lowest BCUT2D eigenvalue weighted by atomic mass is 10.1. The third kappa shape index (κ3) is 4.34. The number of ether oxygens (including phenoxy) is 1. The van der Waals surface area contributed by atoms with Crippen molar-refractivity contribution in [1.82, 2.24) is 5.32 Å². The van der Waals surface area contributed by atoms with Crippen molar-refractivity contribution in [1.29, 1.82) is 5.26 Å². The second kappa shape index (κ2) is 5.41. The topological polar surface area (TPSA) is 88.1 Å². The quantitative estimate of drug-likeness (QED) is 0.791. The zero-order valence-corrected chi connectivity index (χ0v) is 10.8. The van der Waals surface area contributed by atoms with Crippen LogP contribution in [0.25, 0.3) is 0 Å². The SMILES string of the molecule is CC(C)(C)NC(=O)COc1ccc(N)cc1C#N. The van der Waals surface area contributed by atoms with E-state index in [1.165, 1.54) is 6.07 Å². The molecule has 0 aliphatic rings. The number of carbonyl (C=O) groups is 1. The Kier molecular flexibility index (Phi) is 4.16. The molecule has 0 aromatic heterocycles. The van der Waals surface area contributed by atoms with Gasteiger partial charge < -0.3 is 15.8 Å². The van der Waals surface area contributed by atoms with Crippen molar-refractivity contribution in [3.05, 3.63) is 23.8 Å². The first-order valence-corrected chi connectivity index (χ1v) is 5.55. The molecule has 0 unspecified atom stereocenters. The second-order valence-electron chi connectivity index (χ2n) is 4.95. The van der Waals surface area contributed by atoms with Gasteiger partial charge in [0.1, 0.15) is 11.8 Å². The molecule has 5 heteroatoms. The van der Waals surface area contributed by atoms with E-state index >= 15 is 0 Å². The van der Waals surface area contributed by atoms with Crippen LogP contribution in [0.15, 0.2) is 18.2 Å². The van der Waals surface area contributed by atoms with E-state index in [4.69, 9.17) is 15.7 Å². The summed E-state index contributed by atoms with van der Waals surface area (Å²) < 4.78 is 5.30. The number of benzene rings is 1. The van der Waals surface area contributed by atoms with Gasteiger partial charge in [0, 0.05) is 11.2 Å². The first-order chi connectivity index (χ1) is 8.31. The summed E-state index contributed by atoms with van der Waals surface area (Å²) in [5, 5.41) is 11.7. The van der Waals surface area contributed by atoms with Crippen LogP contribution in [0.3, 0.4) is 0 Å². The van der Waals surface area contributed by atoms with Crippen molar-refractivity contribution in [2.24, 2.45) is 0 Å². The molecule has 0 atom stereocenters. The van der Waals surface area contributed by atoms with E-state index in [0.717, 1.165) is 0 Å². The maximum Gasteiger partial charge on any atom is 0.258 e. The molecule has 1 aromatic carbocycles. The highest BCUT2D eigenvalue weighted by Gasteiger charge is 2.14. The molecule has 96 valence electrons. The fraction of sp³-hybridized carbons (Fsp3) is 0.385. The molecular formula is C13H17N3O2. The van der Waals surface area contributed by atoms with Gasteiger partial charge in [-0.3, -0.25) is 4.79 Å². The summed E-state index contributed by atoms with van der Waals surface area (Å²) in [6.07, 6.45) is 0. The van der Waals surface area contributed by atoms with E-state index in [1.54, 1.807) is 12.1 Å². The van der Waals surface area contributed by atoms with Crippen LogP contribution >= 0.6 is 0 Å². The van der Waals surface area contributed by atoms with Crippen molar-refractivity contribution < 1.29 is 9.53 Å². The van der Waals surface area contributed by atoms with Crippen LogP contribution in [-0.4, -0.2) is 18.1 Å². The summed E-state index contributed by atoms with van der Waals surface area (Å²) in [7, 11) is 0. The fourth-order valence-electron chi connectivity index (χ4n) is 1.36. The Bertz CT molecular complexity index is 484. The Hall–Kier alpha value is -2.22. The molecule has 0 heterocycles. The lowest BCUT2D eigenvalue weighted by Crippen LogP contribution is -2.43. The van der Waals surface area contributed by atoms with Gasteiger partial charge in [0.2, 0.25) is 0 Å². The molecular weight excluding hydrogens is 230 g/mol. The summed E-state index contributed by atoms with van der Waals surface area (Å²) >= 11 is 0. The largest absolute Gasteiger partial charge is 0.482 e. The maximum atomic E-state index is 11.6. The minimum absolute atomic E-state index is 0.129. The van der Waals surface area contributed by atoms with E-state index in [0.29, 0.717) is 17.0 Å². The molecule has 0 aliphatic heterocycles. The normalized spacial score (nSPS) is 10.6. The van der Waals surface area contributed by atoms with Gasteiger partial charge in [-0.25, -0.2) is 0 Å². The lowest BCUT2D eigenvalue weighted by molar-refractivity contribution is -0.124. The predicted molar refractivity (Wildman–Crippen MR) is 69.0 cm³/mol. The monoisotopic (exact) mass is 247 g/mol. The minimum Gasteiger partial charge on any atom is -0.482 e. The molecule has 0 saturated carbocycles. The minimum atomic E-state index is -0.306. The van der Waals surface area contributed by atoms with E-state index < -0.39 is 0 Å². The van der Waals surface area contributed by atoms with Crippen molar-refractivity contribution in [3.8, 4) is 11.8 Å². The van der Waals surface area contributed by atoms with Crippen LogP contribution in [0.4, 0.5) is 5.69 Å². The molecule has 0 fully saturated rings. The Labute approximate surface area is 107 Å². The van der Waals surface area contributed by atoms with Crippen LogP contribution < -0.4 is 15.8 Å². The van der Waals surface area contributed by atoms with Gasteiger partial charge in [-0.15, -0.1) is 0 Å². The number of anilines is 1. The van der Waals surface area contributed by atoms with Crippen LogP contribution in [0.2, 0.25) is 0 Å². The summed E-state index contributed by atoms with van der Waals surface area (Å²) in [6, 6.07) is 6.69. The number of nitrogen functional groups attached to an aromatic ring is 1. The zero-order chi connectivity index (χ0) is 13.8. The van der Waals surface area contributed by atoms with E-state index in [-0.39, 0.29) is 18.1 Å². The highest BCUT2D eigenvalue weighted by atomic mass is 16.5. The summed E-state index contributed by atoms with van der Waals surface area (Å²) in [4.78, 5) is 11.6. The summed E-state index contributed by atoms with van der Waals surface area (Å²) in [6.45, 7) is 5.52. The Morgan fingerprint density at radius 2 is 2.17 bits per heavy atom. The molecule has 0 bridgehead atoms. The van der Waals surface area contributed by atoms with E-state index in [2.05, 4.69) is 5.32 Å². The van der Waals surface area contributed by atoms with E-state index in [9.17, 15) is 4.79 Å². The third-order valence-corrected chi connectivity index (χ3v) is 2.00. The van der Waals surface area contributed by atoms with Crippen molar-refractivity contribution >= 4 is 11.6 Å². The Morgan fingerprint density at radius 1 is 1.50 bits per heavy atom. The van der Waals surface area contributed by atoms with Gasteiger partial charge in [-0.1, -0.05) is 0 Å². The number of carbonyl (C=O) groups excluding carboxylic acids is 1. The molecule has 1 rings (SSSR count). The maximum absolute atomic E-state index is 11.6. The first kappa shape index (κ1) is 13.8. The number of rotatable bonds is 3. The van der Waals surface area contributed by atoms with Crippen LogP contribution in [0.1, 0.15) is 26.3 Å². The van der Waals surface area contributed by atoms with Crippen molar-refractivity contribution in [2.45, 2.75) is 26.3 Å². The second-order valence-corrected chi connectivity index (χ2v) is 4.95. The average Bonchev–Trinajstić information content (AvgIpc) is 2.24. The number of nitrogens with one attached hydrogen (secondary N) is 1. The Balaban J connectivity index is 2.65. The number of hydrogen-bond acceptors (Lipinski definition) is 4. The van der Waals surface area contributed by atoms with Crippen LogP contribution in [-0.2, 0) is 4.79 Å². The van der Waals surface area contributed by atoms with Gasteiger partial charge in [0.15, 0.2) is 6.61 Å². The first-order valence-electron chi connectivity index (χ1n) is 5.55. The highest BCUT2D eigenvalue weighted by Crippen LogP contribution is 2.20. The number of nitriles is 1. The smallest absolute Gasteiger partial charge is 0.258 e. The number of nitrogens with zero attached hydrogens (tertiary/aromatic N) is 1. The van der Waals surface area contributed by atoms with Gasteiger partial charge >= 0.3 is 0 Å². The number of nitrogens with two attached hydrogens (primary N) is 1. The van der Waals surface area contributed by atoms with Crippen molar-refractivity contribution in [3.63, 3.8) is 0 Å². The van der Waals surface area contributed by atoms with Crippen LogP contribution in [0, 0.1) is 11.3 Å². The molecule has 0 aliphatic carbocycles. The van der Waals surface area contributed by atoms with Crippen molar-refractivity contribution in [2.75, 3.05) is 12.3 Å². The summed E-state index contributed by atoms with van der Waals surface area (Å²) in [5.74, 6) is 0.124. The molecule has 1 amide bonds. The van der Waals surface area contributed by atoms with Gasteiger partial charge in [0.25, 0.3) is 5.91 Å². The molecule has 18 heavy (non-hydrogen) atoms. The standard InChI is InChI=1S/C13H17N3O2/c1-13(2,3)16-12(17)8-18-11-5-4-10(15)6-9(11)7-14/h4-6H,8,15H2,1-3H3,(H,16,17). The van der Waals surface area contributed by atoms with Crippen LogP contribution in [0.5, 0.6) is 5.75 Å². The lowest BCUT2D eigenvalue weighted by Gasteiger charge is -2.20. The van der Waals surface area contributed by atoms with Gasteiger partial charge in [0.05, 0.1) is 5.56 Å². The molecule has 0 spiro atoms. The summed E-state index contributed by atoms with van der Waals surface area (Å²) in [5.41, 5.74) is 6.05. The average molecular weight is 247 g/mol. The van der Waals surface area contributed by atoms with Gasteiger partial charge in [-0.2, -0.15) is 5.26 Å². The zero-order valence-electron chi connectivity index (χ0n) is 10.8. The fourth-order valence-corrected chi connectivity index (χ4v) is 1.36. The molecule has 3 N–H and O–H groups in total. The number of hydrogen-bond donors (Lipinski definition) is 2. The van der Waals surface area contributed by atoms with E-state index in [1.807, 2.05) is 26.8 Å². The molecule has 1 aromatic rings. The third-order valence-electron chi connectivity index (χ3n) is 2.00. The molecule has 5 nitrogen and oxygen atoms in total. The predicted octanol–water partition coefficient (Wildman–Crippen LogP) is 1.43. The number of amides is 1. The Morgan fingerprint density at radius 3 is 2.72 bits per heavy atom. The van der Waals surface area contributed by atoms with Gasteiger partial charge in [-0.05, 0) is 39.0 Å². The molecule has 0 saturated heterocycles. The highest BCUT2D eigenvalue weighted by molar-refractivity contribution is 5.78.